The number of aliphatic hydroxyl groups excluding tert-OH is 1. The number of hydrogen-bond donors (Lipinski definition) is 3. The Morgan fingerprint density at radius 1 is 1.21 bits per heavy atom. The van der Waals surface area contributed by atoms with Crippen LogP contribution in [-0.2, 0) is 4.74 Å². The molecule has 1 aliphatic carbocycles. The Kier molecular flexibility index (Phi) is 4.82. The van der Waals surface area contributed by atoms with Crippen molar-refractivity contribution < 1.29 is 9.84 Å². The molecule has 29 heavy (non-hydrogen) atoms. The monoisotopic (exact) mass is 393 g/mol. The summed E-state index contributed by atoms with van der Waals surface area (Å²) in [5, 5.41) is 17.9. The maximum atomic E-state index is 8.88. The Bertz CT molecular complexity index is 1110. The molecule has 150 valence electrons. The molecule has 0 unspecified atom stereocenters. The maximum Gasteiger partial charge on any atom is 0.224 e. The molecule has 1 aliphatic rings. The zero-order valence-electron chi connectivity index (χ0n) is 16.0. The van der Waals surface area contributed by atoms with Gasteiger partial charge in [-0.05, 0) is 37.8 Å². The molecule has 0 radical (unpaired) electrons. The molecule has 4 heterocycles. The Morgan fingerprint density at radius 2 is 2.10 bits per heavy atom. The fourth-order valence-electron chi connectivity index (χ4n) is 3.92. The molecule has 1 saturated carbocycles. The summed E-state index contributed by atoms with van der Waals surface area (Å²) in [7, 11) is 0. The SMILES string of the molecule is OCCO[C@H]1CC[C@@H](Nc2ncc3c(-c4ccc5nccn5n4)c[nH]c3n2)CC1. The molecule has 0 atom stereocenters. The number of ether oxygens (including phenoxy) is 1. The van der Waals surface area contributed by atoms with Crippen molar-refractivity contribution >= 4 is 22.6 Å². The number of hydrogen-bond acceptors (Lipinski definition) is 7. The van der Waals surface area contributed by atoms with E-state index in [0.717, 1.165) is 53.6 Å². The molecule has 0 bridgehead atoms. The third kappa shape index (κ3) is 3.66. The van der Waals surface area contributed by atoms with Crippen molar-refractivity contribution in [2.24, 2.45) is 0 Å². The van der Waals surface area contributed by atoms with Crippen LogP contribution in [0, 0.1) is 0 Å². The highest BCUT2D eigenvalue weighted by atomic mass is 16.5. The van der Waals surface area contributed by atoms with Gasteiger partial charge in [0.25, 0.3) is 0 Å². The van der Waals surface area contributed by atoms with Gasteiger partial charge in [0.15, 0.2) is 5.65 Å². The number of imidazole rings is 1. The third-order valence-electron chi connectivity index (χ3n) is 5.42. The lowest BCUT2D eigenvalue weighted by atomic mass is 9.93. The van der Waals surface area contributed by atoms with Crippen LogP contribution in [0.5, 0.6) is 0 Å². The summed E-state index contributed by atoms with van der Waals surface area (Å²) in [6, 6.07) is 4.23. The Morgan fingerprint density at radius 3 is 2.97 bits per heavy atom. The van der Waals surface area contributed by atoms with Gasteiger partial charge in [0, 0.05) is 41.8 Å². The molecule has 4 aromatic heterocycles. The molecular formula is C20H23N7O2. The normalized spacial score (nSPS) is 19.8. The molecule has 3 N–H and O–H groups in total. The van der Waals surface area contributed by atoms with E-state index in [-0.39, 0.29) is 12.7 Å². The number of nitrogens with one attached hydrogen (secondary N) is 2. The molecule has 5 rings (SSSR count). The van der Waals surface area contributed by atoms with Crippen molar-refractivity contribution in [3.63, 3.8) is 0 Å². The lowest BCUT2D eigenvalue weighted by Crippen LogP contribution is -2.30. The highest BCUT2D eigenvalue weighted by Gasteiger charge is 2.22. The molecule has 0 aromatic carbocycles. The molecule has 0 amide bonds. The summed E-state index contributed by atoms with van der Waals surface area (Å²) >= 11 is 0. The van der Waals surface area contributed by atoms with E-state index < -0.39 is 0 Å². The minimum Gasteiger partial charge on any atom is -0.394 e. The van der Waals surface area contributed by atoms with E-state index in [2.05, 4.69) is 30.4 Å². The van der Waals surface area contributed by atoms with Gasteiger partial charge in [0.2, 0.25) is 5.95 Å². The summed E-state index contributed by atoms with van der Waals surface area (Å²) < 4.78 is 7.38. The predicted molar refractivity (Wildman–Crippen MR) is 109 cm³/mol. The largest absolute Gasteiger partial charge is 0.394 e. The van der Waals surface area contributed by atoms with E-state index in [4.69, 9.17) is 9.84 Å². The summed E-state index contributed by atoms with van der Waals surface area (Å²) in [5.74, 6) is 0.628. The van der Waals surface area contributed by atoms with E-state index in [1.807, 2.05) is 30.7 Å². The highest BCUT2D eigenvalue weighted by Crippen LogP contribution is 2.27. The summed E-state index contributed by atoms with van der Waals surface area (Å²) in [6.07, 6.45) is 11.5. The van der Waals surface area contributed by atoms with Crippen molar-refractivity contribution in [1.82, 2.24) is 29.5 Å². The Balaban J connectivity index is 1.30. The molecule has 1 fully saturated rings. The second-order valence-electron chi connectivity index (χ2n) is 7.32. The smallest absolute Gasteiger partial charge is 0.224 e. The predicted octanol–water partition coefficient (Wildman–Crippen LogP) is 2.40. The number of aliphatic hydroxyl groups is 1. The minimum atomic E-state index is 0.0792. The van der Waals surface area contributed by atoms with E-state index in [1.165, 1.54) is 0 Å². The maximum absolute atomic E-state index is 8.88. The van der Waals surface area contributed by atoms with E-state index in [1.54, 1.807) is 10.7 Å². The zero-order chi connectivity index (χ0) is 19.6. The lowest BCUT2D eigenvalue weighted by molar-refractivity contribution is 0.00719. The molecule has 9 heteroatoms. The van der Waals surface area contributed by atoms with Crippen molar-refractivity contribution in [2.45, 2.75) is 37.8 Å². The van der Waals surface area contributed by atoms with Gasteiger partial charge in [-0.1, -0.05) is 0 Å². The van der Waals surface area contributed by atoms with Gasteiger partial charge >= 0.3 is 0 Å². The number of rotatable bonds is 6. The van der Waals surface area contributed by atoms with Crippen molar-refractivity contribution in [2.75, 3.05) is 18.5 Å². The molecular weight excluding hydrogens is 370 g/mol. The van der Waals surface area contributed by atoms with Gasteiger partial charge in [0.1, 0.15) is 5.65 Å². The average Bonchev–Trinajstić information content (AvgIpc) is 3.39. The van der Waals surface area contributed by atoms with Crippen LogP contribution >= 0.6 is 0 Å². The van der Waals surface area contributed by atoms with Crippen LogP contribution < -0.4 is 5.32 Å². The number of fused-ring (bicyclic) bond motifs is 2. The minimum absolute atomic E-state index is 0.0792. The van der Waals surface area contributed by atoms with Crippen LogP contribution in [0.1, 0.15) is 25.7 Å². The Hall–Kier alpha value is -3.04. The second-order valence-corrected chi connectivity index (χ2v) is 7.32. The van der Waals surface area contributed by atoms with Crippen LogP contribution in [0.15, 0.2) is 36.9 Å². The average molecular weight is 393 g/mol. The summed E-state index contributed by atoms with van der Waals surface area (Å²) in [4.78, 5) is 16.6. The Labute approximate surface area is 167 Å². The quantitative estimate of drug-likeness (QED) is 0.461. The number of anilines is 1. The molecule has 0 saturated heterocycles. The van der Waals surface area contributed by atoms with Gasteiger partial charge in [-0.25, -0.2) is 14.5 Å². The fraction of sp³-hybridized carbons (Fsp3) is 0.400. The van der Waals surface area contributed by atoms with E-state index in [9.17, 15) is 0 Å². The third-order valence-corrected chi connectivity index (χ3v) is 5.42. The number of aromatic nitrogens is 6. The number of aromatic amines is 1. The van der Waals surface area contributed by atoms with Gasteiger partial charge in [-0.3, -0.25) is 0 Å². The lowest BCUT2D eigenvalue weighted by Gasteiger charge is -2.28. The van der Waals surface area contributed by atoms with Crippen LogP contribution in [0.25, 0.3) is 27.9 Å². The van der Waals surface area contributed by atoms with Crippen LogP contribution in [0.4, 0.5) is 5.95 Å². The van der Waals surface area contributed by atoms with Crippen LogP contribution in [-0.4, -0.2) is 60.0 Å². The summed E-state index contributed by atoms with van der Waals surface area (Å²) in [6.45, 7) is 0.496. The van der Waals surface area contributed by atoms with Crippen molar-refractivity contribution in [1.29, 1.82) is 0 Å². The van der Waals surface area contributed by atoms with Crippen LogP contribution in [0.3, 0.4) is 0 Å². The number of nitrogens with zero attached hydrogens (tertiary/aromatic N) is 5. The summed E-state index contributed by atoms with van der Waals surface area (Å²) in [5.41, 5.74) is 3.40. The van der Waals surface area contributed by atoms with Gasteiger partial charge in [0.05, 0.1) is 25.0 Å². The first-order chi connectivity index (χ1) is 14.3. The fourth-order valence-corrected chi connectivity index (χ4v) is 3.92. The van der Waals surface area contributed by atoms with Gasteiger partial charge in [-0.2, -0.15) is 10.1 Å². The topological polar surface area (TPSA) is 113 Å². The van der Waals surface area contributed by atoms with Crippen molar-refractivity contribution in [3.05, 3.63) is 36.9 Å². The molecule has 0 aliphatic heterocycles. The zero-order valence-corrected chi connectivity index (χ0v) is 16.0. The van der Waals surface area contributed by atoms with Gasteiger partial charge < -0.3 is 20.1 Å². The second kappa shape index (κ2) is 7.76. The first-order valence-electron chi connectivity index (χ1n) is 9.94. The first-order valence-corrected chi connectivity index (χ1v) is 9.94. The van der Waals surface area contributed by atoms with Crippen LogP contribution in [0.2, 0.25) is 0 Å². The van der Waals surface area contributed by atoms with Crippen molar-refractivity contribution in [3.8, 4) is 11.3 Å². The standard InChI is InChI=1S/C20H23N7O2/c28-9-10-29-14-3-1-13(2-4-14)24-20-23-12-16-15(11-22-19(16)25-20)17-5-6-18-21-7-8-27(18)26-17/h5-8,11-14,28H,1-4,9-10H2,(H2,22,23,24,25)/t13-,14+. The van der Waals surface area contributed by atoms with E-state index >= 15 is 0 Å². The highest BCUT2D eigenvalue weighted by molar-refractivity contribution is 5.92. The molecule has 9 nitrogen and oxygen atoms in total. The number of H-pyrrole nitrogens is 1. The molecule has 4 aromatic rings. The first kappa shape index (κ1) is 18.0. The molecule has 0 spiro atoms. The van der Waals surface area contributed by atoms with E-state index in [0.29, 0.717) is 18.6 Å². The van der Waals surface area contributed by atoms with Gasteiger partial charge in [-0.15, -0.1) is 0 Å².